The van der Waals surface area contributed by atoms with Crippen LogP contribution in [0.4, 0.5) is 11.5 Å². The number of aromatic nitrogens is 1. The van der Waals surface area contributed by atoms with Crippen LogP contribution >= 0.6 is 0 Å². The summed E-state index contributed by atoms with van der Waals surface area (Å²) < 4.78 is 0. The Kier molecular flexibility index (Phi) is 3.95. The molecule has 0 spiro atoms. The minimum Gasteiger partial charge on any atom is -0.329 e. The van der Waals surface area contributed by atoms with Crippen molar-refractivity contribution < 1.29 is 0 Å². The zero-order chi connectivity index (χ0) is 13.0. The van der Waals surface area contributed by atoms with Gasteiger partial charge in [-0.25, -0.2) is 4.98 Å². The number of aryl methyl sites for hydroxylation is 1. The molecule has 0 bridgehead atoms. The highest BCUT2D eigenvalue weighted by atomic mass is 15.2. The fourth-order valence-corrected chi connectivity index (χ4v) is 1.97. The predicted octanol–water partition coefficient (Wildman–Crippen LogP) is 2.87. The Morgan fingerprint density at radius 3 is 2.50 bits per heavy atom. The van der Waals surface area contributed by atoms with E-state index in [1.165, 1.54) is 5.56 Å². The molecule has 2 aromatic rings. The Labute approximate surface area is 108 Å². The summed E-state index contributed by atoms with van der Waals surface area (Å²) in [5, 5.41) is 0. The van der Waals surface area contributed by atoms with Gasteiger partial charge in [0.1, 0.15) is 5.82 Å². The summed E-state index contributed by atoms with van der Waals surface area (Å²) in [5.74, 6) is 0.921. The summed E-state index contributed by atoms with van der Waals surface area (Å²) in [6, 6.07) is 12.5. The maximum absolute atomic E-state index is 5.75. The van der Waals surface area contributed by atoms with E-state index >= 15 is 0 Å². The van der Waals surface area contributed by atoms with Crippen LogP contribution in [-0.2, 0) is 13.0 Å². The second-order valence-electron chi connectivity index (χ2n) is 4.27. The van der Waals surface area contributed by atoms with Crippen LogP contribution in [0.2, 0.25) is 0 Å². The maximum atomic E-state index is 5.75. The molecular formula is C15H19N3. The van der Waals surface area contributed by atoms with E-state index in [1.54, 1.807) is 6.20 Å². The van der Waals surface area contributed by atoms with Gasteiger partial charge in [-0.2, -0.15) is 0 Å². The van der Waals surface area contributed by atoms with Crippen molar-refractivity contribution in [3.8, 4) is 0 Å². The van der Waals surface area contributed by atoms with Gasteiger partial charge in [0.25, 0.3) is 0 Å². The first kappa shape index (κ1) is 12.6. The fourth-order valence-electron chi connectivity index (χ4n) is 1.97. The van der Waals surface area contributed by atoms with E-state index in [4.69, 9.17) is 5.73 Å². The topological polar surface area (TPSA) is 42.2 Å². The molecule has 1 aromatic carbocycles. The summed E-state index contributed by atoms with van der Waals surface area (Å²) in [6.45, 7) is 2.66. The average Bonchev–Trinajstić information content (AvgIpc) is 2.46. The van der Waals surface area contributed by atoms with Crippen molar-refractivity contribution in [2.24, 2.45) is 5.73 Å². The van der Waals surface area contributed by atoms with E-state index in [-0.39, 0.29) is 0 Å². The van der Waals surface area contributed by atoms with Crippen molar-refractivity contribution in [3.05, 3.63) is 53.7 Å². The Hall–Kier alpha value is -1.87. The lowest BCUT2D eigenvalue weighted by Crippen LogP contribution is -2.15. The average molecular weight is 241 g/mol. The Morgan fingerprint density at radius 2 is 1.89 bits per heavy atom. The van der Waals surface area contributed by atoms with Gasteiger partial charge < -0.3 is 10.6 Å². The number of nitrogens with zero attached hydrogens (tertiary/aromatic N) is 2. The highest BCUT2D eigenvalue weighted by molar-refractivity contribution is 5.62. The van der Waals surface area contributed by atoms with Crippen LogP contribution in [0, 0.1) is 0 Å². The molecule has 3 heteroatoms. The maximum Gasteiger partial charge on any atom is 0.137 e. The summed E-state index contributed by atoms with van der Waals surface area (Å²) in [4.78, 5) is 6.49. The molecule has 0 aliphatic heterocycles. The number of nitrogens with two attached hydrogens (primary N) is 1. The van der Waals surface area contributed by atoms with Crippen LogP contribution in [0.1, 0.15) is 18.1 Å². The molecule has 0 atom stereocenters. The zero-order valence-corrected chi connectivity index (χ0v) is 10.9. The van der Waals surface area contributed by atoms with Gasteiger partial charge in [0.2, 0.25) is 0 Å². The Balaban J connectivity index is 2.31. The molecule has 1 heterocycles. The van der Waals surface area contributed by atoms with Crippen molar-refractivity contribution in [2.45, 2.75) is 19.9 Å². The van der Waals surface area contributed by atoms with Gasteiger partial charge in [0, 0.05) is 31.0 Å². The molecule has 94 valence electrons. The summed E-state index contributed by atoms with van der Waals surface area (Å²) in [5.41, 5.74) is 9.27. The smallest absolute Gasteiger partial charge is 0.137 e. The summed E-state index contributed by atoms with van der Waals surface area (Å²) in [6.07, 6.45) is 2.85. The molecule has 0 unspecified atom stereocenters. The molecule has 3 nitrogen and oxygen atoms in total. The van der Waals surface area contributed by atoms with Crippen molar-refractivity contribution in [1.82, 2.24) is 4.98 Å². The number of rotatable bonds is 4. The fraction of sp³-hybridized carbons (Fsp3) is 0.267. The first-order valence-corrected chi connectivity index (χ1v) is 6.23. The SMILES string of the molecule is CCc1ccc(N(C)c2ncccc2CN)cc1. The normalized spacial score (nSPS) is 10.4. The molecule has 2 rings (SSSR count). The van der Waals surface area contributed by atoms with Gasteiger partial charge >= 0.3 is 0 Å². The second-order valence-corrected chi connectivity index (χ2v) is 4.27. The molecule has 0 aliphatic rings. The predicted molar refractivity (Wildman–Crippen MR) is 76.0 cm³/mol. The Morgan fingerprint density at radius 1 is 1.17 bits per heavy atom. The molecule has 0 fully saturated rings. The first-order valence-electron chi connectivity index (χ1n) is 6.23. The lowest BCUT2D eigenvalue weighted by molar-refractivity contribution is 1.01. The van der Waals surface area contributed by atoms with E-state index in [9.17, 15) is 0 Å². The molecule has 0 radical (unpaired) electrons. The Bertz CT molecular complexity index is 505. The van der Waals surface area contributed by atoms with E-state index in [0.29, 0.717) is 6.54 Å². The van der Waals surface area contributed by atoms with Crippen LogP contribution in [0.3, 0.4) is 0 Å². The van der Waals surface area contributed by atoms with Crippen LogP contribution in [0.15, 0.2) is 42.6 Å². The van der Waals surface area contributed by atoms with Crippen LogP contribution in [0.25, 0.3) is 0 Å². The third-order valence-electron chi connectivity index (χ3n) is 3.14. The lowest BCUT2D eigenvalue weighted by Gasteiger charge is -2.21. The van der Waals surface area contributed by atoms with E-state index in [0.717, 1.165) is 23.5 Å². The van der Waals surface area contributed by atoms with Crippen molar-refractivity contribution in [1.29, 1.82) is 0 Å². The number of anilines is 2. The van der Waals surface area contributed by atoms with E-state index in [1.807, 2.05) is 19.2 Å². The molecule has 0 saturated carbocycles. The third-order valence-corrected chi connectivity index (χ3v) is 3.14. The van der Waals surface area contributed by atoms with Gasteiger partial charge in [0.05, 0.1) is 0 Å². The molecule has 0 amide bonds. The number of benzene rings is 1. The zero-order valence-electron chi connectivity index (χ0n) is 10.9. The van der Waals surface area contributed by atoms with Gasteiger partial charge in [-0.05, 0) is 30.2 Å². The van der Waals surface area contributed by atoms with Crippen molar-refractivity contribution >= 4 is 11.5 Å². The van der Waals surface area contributed by atoms with Gasteiger partial charge in [-0.3, -0.25) is 0 Å². The van der Waals surface area contributed by atoms with Crippen LogP contribution in [-0.4, -0.2) is 12.0 Å². The molecule has 18 heavy (non-hydrogen) atoms. The quantitative estimate of drug-likeness (QED) is 0.895. The summed E-state index contributed by atoms with van der Waals surface area (Å²) in [7, 11) is 2.02. The van der Waals surface area contributed by atoms with Crippen LogP contribution < -0.4 is 10.6 Å². The van der Waals surface area contributed by atoms with Gasteiger partial charge in [0.15, 0.2) is 0 Å². The number of hydrogen-bond acceptors (Lipinski definition) is 3. The molecule has 0 saturated heterocycles. The first-order chi connectivity index (χ1) is 8.76. The highest BCUT2D eigenvalue weighted by Gasteiger charge is 2.09. The molecule has 1 aromatic heterocycles. The minimum absolute atomic E-state index is 0.501. The monoisotopic (exact) mass is 241 g/mol. The van der Waals surface area contributed by atoms with Gasteiger partial charge in [-0.1, -0.05) is 25.1 Å². The van der Waals surface area contributed by atoms with E-state index in [2.05, 4.69) is 41.1 Å². The second kappa shape index (κ2) is 5.65. The number of pyridine rings is 1. The highest BCUT2D eigenvalue weighted by Crippen LogP contribution is 2.24. The van der Waals surface area contributed by atoms with Crippen LogP contribution in [0.5, 0.6) is 0 Å². The largest absolute Gasteiger partial charge is 0.329 e. The summed E-state index contributed by atoms with van der Waals surface area (Å²) >= 11 is 0. The molecule has 0 aliphatic carbocycles. The third kappa shape index (κ3) is 2.51. The van der Waals surface area contributed by atoms with E-state index < -0.39 is 0 Å². The standard InChI is InChI=1S/C15H19N3/c1-3-12-6-8-14(9-7-12)18(2)15-13(11-16)5-4-10-17-15/h4-10H,3,11,16H2,1-2H3. The van der Waals surface area contributed by atoms with Gasteiger partial charge in [-0.15, -0.1) is 0 Å². The van der Waals surface area contributed by atoms with Crippen molar-refractivity contribution in [2.75, 3.05) is 11.9 Å². The number of hydrogen-bond donors (Lipinski definition) is 1. The molecule has 2 N–H and O–H groups in total. The lowest BCUT2D eigenvalue weighted by atomic mass is 10.1. The van der Waals surface area contributed by atoms with Crippen molar-refractivity contribution in [3.63, 3.8) is 0 Å². The minimum atomic E-state index is 0.501. The molecular weight excluding hydrogens is 222 g/mol.